The molecule has 5 nitrogen and oxygen atoms in total. The Balaban J connectivity index is 2.76. The highest BCUT2D eigenvalue weighted by molar-refractivity contribution is 4.45. The summed E-state index contributed by atoms with van der Waals surface area (Å²) in [5.41, 5.74) is 9.54. The molecule has 0 atom stereocenters. The molecule has 0 aromatic carbocycles. The minimum atomic E-state index is 0.904. The van der Waals surface area contributed by atoms with Crippen LogP contribution in [-0.4, -0.2) is 11.8 Å². The Morgan fingerprint density at radius 2 is 1.62 bits per heavy atom. The van der Waals surface area contributed by atoms with Gasteiger partial charge in [0.05, 0.1) is 0 Å². The van der Waals surface area contributed by atoms with E-state index in [4.69, 9.17) is 5.21 Å². The molecule has 0 spiro atoms. The first-order valence-corrected chi connectivity index (χ1v) is 5.03. The van der Waals surface area contributed by atoms with Crippen LogP contribution < -0.4 is 22.1 Å². The van der Waals surface area contributed by atoms with Crippen molar-refractivity contribution >= 4 is 0 Å². The van der Waals surface area contributed by atoms with Gasteiger partial charge in [0.1, 0.15) is 0 Å². The van der Waals surface area contributed by atoms with Gasteiger partial charge < -0.3 is 5.21 Å². The van der Waals surface area contributed by atoms with Crippen LogP contribution in [0.15, 0.2) is 0 Å². The third kappa shape index (κ3) is 11.8. The summed E-state index contributed by atoms with van der Waals surface area (Å²) >= 11 is 0. The summed E-state index contributed by atoms with van der Waals surface area (Å²) < 4.78 is 0. The van der Waals surface area contributed by atoms with Crippen LogP contribution in [0.3, 0.4) is 0 Å². The maximum absolute atomic E-state index is 8.10. The normalized spacial score (nSPS) is 10.6. The van der Waals surface area contributed by atoms with Crippen LogP contribution in [0.5, 0.6) is 0 Å². The number of nitrogens with one attached hydrogen (secondary N) is 4. The second kappa shape index (κ2) is 11.8. The van der Waals surface area contributed by atoms with Crippen LogP contribution in [0.1, 0.15) is 45.4 Å². The molecule has 5 heteroatoms. The van der Waals surface area contributed by atoms with Crippen LogP contribution in [0.4, 0.5) is 0 Å². The van der Waals surface area contributed by atoms with Gasteiger partial charge in [0.15, 0.2) is 0 Å². The SMILES string of the molecule is CCCCCCCCNNNNO. The monoisotopic (exact) mass is 190 g/mol. The largest absolute Gasteiger partial charge is 0.301 e. The topological polar surface area (TPSA) is 68.3 Å². The Kier molecular flexibility index (Phi) is 11.6. The Hall–Kier alpha value is -0.200. The zero-order chi connectivity index (χ0) is 9.78. The molecule has 80 valence electrons. The van der Waals surface area contributed by atoms with Gasteiger partial charge in [-0.3, -0.25) is 0 Å². The van der Waals surface area contributed by atoms with Crippen LogP contribution in [0, 0.1) is 0 Å². The van der Waals surface area contributed by atoms with E-state index in [1.165, 1.54) is 32.1 Å². The van der Waals surface area contributed by atoms with Crippen LogP contribution in [-0.2, 0) is 0 Å². The first kappa shape index (κ1) is 12.8. The van der Waals surface area contributed by atoms with E-state index in [0.717, 1.165) is 13.0 Å². The van der Waals surface area contributed by atoms with Gasteiger partial charge in [0, 0.05) is 6.54 Å². The van der Waals surface area contributed by atoms with Crippen molar-refractivity contribution in [1.82, 2.24) is 22.1 Å². The van der Waals surface area contributed by atoms with Crippen molar-refractivity contribution in [3.63, 3.8) is 0 Å². The minimum absolute atomic E-state index is 0.904. The summed E-state index contributed by atoms with van der Waals surface area (Å²) in [5, 5.41) is 8.10. The van der Waals surface area contributed by atoms with Crippen LogP contribution in [0.2, 0.25) is 0 Å². The van der Waals surface area contributed by atoms with Crippen molar-refractivity contribution in [3.8, 4) is 0 Å². The molecule has 0 aliphatic carbocycles. The number of unbranched alkanes of at least 4 members (excludes halogenated alkanes) is 5. The van der Waals surface area contributed by atoms with E-state index >= 15 is 0 Å². The third-order valence-corrected chi connectivity index (χ3v) is 1.86. The molecule has 0 aliphatic rings. The van der Waals surface area contributed by atoms with Crippen molar-refractivity contribution in [2.75, 3.05) is 6.54 Å². The molecule has 0 fully saturated rings. The van der Waals surface area contributed by atoms with Crippen molar-refractivity contribution < 1.29 is 5.21 Å². The number of hydrogen-bond donors (Lipinski definition) is 5. The van der Waals surface area contributed by atoms with Crippen LogP contribution >= 0.6 is 0 Å². The summed E-state index contributed by atoms with van der Waals surface area (Å²) in [6, 6.07) is 0. The molecular formula is C8H22N4O. The van der Waals surface area contributed by atoms with Crippen molar-refractivity contribution in [2.45, 2.75) is 45.4 Å². The Bertz CT molecular complexity index is 82.2. The summed E-state index contributed by atoms with van der Waals surface area (Å²) in [6.07, 6.45) is 7.74. The lowest BCUT2D eigenvalue weighted by atomic mass is 10.1. The average molecular weight is 190 g/mol. The number of rotatable bonds is 10. The summed E-state index contributed by atoms with van der Waals surface area (Å²) in [5.74, 6) is 0. The summed E-state index contributed by atoms with van der Waals surface area (Å²) in [4.78, 5) is 0. The standard InChI is InChI=1S/C8H22N4O/c1-2-3-4-5-6-7-8-9-10-11-12-13/h9-13H,2-8H2,1H3. The Labute approximate surface area is 80.2 Å². The minimum Gasteiger partial charge on any atom is -0.301 e. The predicted molar refractivity (Wildman–Crippen MR) is 52.6 cm³/mol. The van der Waals surface area contributed by atoms with Crippen molar-refractivity contribution in [2.24, 2.45) is 0 Å². The molecule has 0 radical (unpaired) electrons. The zero-order valence-electron chi connectivity index (χ0n) is 8.40. The van der Waals surface area contributed by atoms with Gasteiger partial charge in [-0.1, -0.05) is 39.0 Å². The van der Waals surface area contributed by atoms with E-state index in [1.807, 2.05) is 0 Å². The highest BCUT2D eigenvalue weighted by Gasteiger charge is 1.89. The molecule has 0 aliphatic heterocycles. The molecule has 0 amide bonds. The number of hydrogen-bond acceptors (Lipinski definition) is 5. The van der Waals surface area contributed by atoms with E-state index in [2.05, 4.69) is 23.4 Å². The Morgan fingerprint density at radius 1 is 0.923 bits per heavy atom. The number of hydrazine groups is 3. The van der Waals surface area contributed by atoms with E-state index in [9.17, 15) is 0 Å². The highest BCUT2D eigenvalue weighted by atomic mass is 16.5. The lowest BCUT2D eigenvalue weighted by molar-refractivity contribution is 0.0921. The highest BCUT2D eigenvalue weighted by Crippen LogP contribution is 2.03. The van der Waals surface area contributed by atoms with Crippen LogP contribution in [0.25, 0.3) is 0 Å². The molecule has 0 unspecified atom stereocenters. The zero-order valence-corrected chi connectivity index (χ0v) is 8.40. The fourth-order valence-electron chi connectivity index (χ4n) is 1.13. The second-order valence-electron chi connectivity index (χ2n) is 3.06. The quantitative estimate of drug-likeness (QED) is 0.261. The maximum atomic E-state index is 8.10. The van der Waals surface area contributed by atoms with Gasteiger partial charge in [-0.05, 0) is 6.42 Å². The molecule has 0 rings (SSSR count). The Morgan fingerprint density at radius 3 is 2.31 bits per heavy atom. The average Bonchev–Trinajstić information content (AvgIpc) is 2.16. The van der Waals surface area contributed by atoms with Gasteiger partial charge in [0.2, 0.25) is 0 Å². The van der Waals surface area contributed by atoms with Gasteiger partial charge in [-0.2, -0.15) is 11.1 Å². The first-order valence-electron chi connectivity index (χ1n) is 5.03. The summed E-state index contributed by atoms with van der Waals surface area (Å²) in [7, 11) is 0. The van der Waals surface area contributed by atoms with E-state index < -0.39 is 0 Å². The van der Waals surface area contributed by atoms with Gasteiger partial charge >= 0.3 is 0 Å². The predicted octanol–water partition coefficient (Wildman–Crippen LogP) is 0.840. The molecule has 5 N–H and O–H groups in total. The fraction of sp³-hybridized carbons (Fsp3) is 1.00. The summed E-state index contributed by atoms with van der Waals surface area (Å²) in [6.45, 7) is 3.12. The molecule has 0 saturated carbocycles. The van der Waals surface area contributed by atoms with Crippen molar-refractivity contribution in [3.05, 3.63) is 0 Å². The van der Waals surface area contributed by atoms with E-state index in [1.54, 1.807) is 5.59 Å². The van der Waals surface area contributed by atoms with E-state index in [0.29, 0.717) is 0 Å². The van der Waals surface area contributed by atoms with E-state index in [-0.39, 0.29) is 0 Å². The molecule has 0 saturated heterocycles. The first-order chi connectivity index (χ1) is 6.41. The molecule has 13 heavy (non-hydrogen) atoms. The van der Waals surface area contributed by atoms with Crippen molar-refractivity contribution in [1.29, 1.82) is 0 Å². The second-order valence-corrected chi connectivity index (χ2v) is 3.06. The molecule has 0 heterocycles. The molecular weight excluding hydrogens is 168 g/mol. The lowest BCUT2D eigenvalue weighted by Crippen LogP contribution is -2.49. The fourth-order valence-corrected chi connectivity index (χ4v) is 1.13. The molecule has 0 aromatic rings. The maximum Gasteiger partial charge on any atom is 0.0113 e. The van der Waals surface area contributed by atoms with Gasteiger partial charge in [-0.25, -0.2) is 5.43 Å². The third-order valence-electron chi connectivity index (χ3n) is 1.86. The smallest absolute Gasteiger partial charge is 0.0113 e. The lowest BCUT2D eigenvalue weighted by Gasteiger charge is -2.05. The van der Waals surface area contributed by atoms with Gasteiger partial charge in [-0.15, -0.1) is 5.59 Å². The molecule has 0 bridgehead atoms. The molecule has 0 aromatic heterocycles. The van der Waals surface area contributed by atoms with Gasteiger partial charge in [0.25, 0.3) is 0 Å².